The zero-order chi connectivity index (χ0) is 20.1. The second-order valence-corrected chi connectivity index (χ2v) is 5.90. The van der Waals surface area contributed by atoms with Gasteiger partial charge in [-0.05, 0) is 24.3 Å². The number of para-hydroxylation sites is 2. The third-order valence-corrected chi connectivity index (χ3v) is 4.27. The van der Waals surface area contributed by atoms with E-state index in [0.29, 0.717) is 28.5 Å². The van der Waals surface area contributed by atoms with E-state index in [1.165, 1.54) is 14.2 Å². The van der Waals surface area contributed by atoms with Crippen molar-refractivity contribution >= 4 is 23.3 Å². The molecule has 0 aliphatic carbocycles. The molecule has 0 saturated heterocycles. The molecule has 0 spiro atoms. The molecule has 1 heterocycles. The van der Waals surface area contributed by atoms with Crippen LogP contribution in [0.15, 0.2) is 47.6 Å². The number of carbonyl (C=O) groups is 2. The predicted octanol–water partition coefficient (Wildman–Crippen LogP) is 2.62. The summed E-state index contributed by atoms with van der Waals surface area (Å²) in [5, 5.41) is 6.73. The number of esters is 1. The van der Waals surface area contributed by atoms with Crippen LogP contribution in [0.2, 0.25) is 0 Å². The molecule has 1 amide bonds. The highest BCUT2D eigenvalue weighted by Gasteiger charge is 2.31. The Morgan fingerprint density at radius 1 is 1.07 bits per heavy atom. The molecule has 0 radical (unpaired) electrons. The molecule has 28 heavy (non-hydrogen) atoms. The number of hydrogen-bond donors (Lipinski definition) is 1. The summed E-state index contributed by atoms with van der Waals surface area (Å²) in [6, 6.07) is 12.0. The van der Waals surface area contributed by atoms with Crippen LogP contribution in [-0.4, -0.2) is 45.0 Å². The van der Waals surface area contributed by atoms with E-state index in [9.17, 15) is 9.59 Å². The molecule has 1 aliphatic heterocycles. The minimum Gasteiger partial charge on any atom is -0.493 e. The molecule has 1 aliphatic rings. The molecular weight excluding hydrogens is 364 g/mol. The lowest BCUT2D eigenvalue weighted by Gasteiger charge is -2.13. The number of nitrogens with one attached hydrogen (secondary N) is 1. The monoisotopic (exact) mass is 384 g/mol. The molecule has 2 aromatic rings. The molecule has 1 atom stereocenters. The van der Waals surface area contributed by atoms with Crippen LogP contribution in [-0.2, 0) is 14.4 Å². The lowest BCUT2D eigenvalue weighted by Crippen LogP contribution is -2.28. The van der Waals surface area contributed by atoms with Gasteiger partial charge in [-0.3, -0.25) is 4.79 Å². The number of methoxy groups -OCH3 is 3. The average molecular weight is 384 g/mol. The predicted molar refractivity (Wildman–Crippen MR) is 102 cm³/mol. The summed E-state index contributed by atoms with van der Waals surface area (Å²) < 4.78 is 15.4. The SMILES string of the molecule is COC(=O)c1ccccc1NC(=O)C1CC(c2cccc(OC)c2OC)=NO1. The van der Waals surface area contributed by atoms with Crippen molar-refractivity contribution in [1.82, 2.24) is 0 Å². The second kappa shape index (κ2) is 8.43. The van der Waals surface area contributed by atoms with Gasteiger partial charge < -0.3 is 24.4 Å². The maximum Gasteiger partial charge on any atom is 0.339 e. The van der Waals surface area contributed by atoms with E-state index >= 15 is 0 Å². The van der Waals surface area contributed by atoms with Gasteiger partial charge in [-0.25, -0.2) is 4.79 Å². The van der Waals surface area contributed by atoms with Crippen molar-refractivity contribution in [1.29, 1.82) is 0 Å². The molecule has 1 unspecified atom stereocenters. The zero-order valence-corrected chi connectivity index (χ0v) is 15.7. The van der Waals surface area contributed by atoms with Gasteiger partial charge in [-0.1, -0.05) is 23.4 Å². The van der Waals surface area contributed by atoms with Gasteiger partial charge in [-0.15, -0.1) is 0 Å². The first-order valence-corrected chi connectivity index (χ1v) is 8.51. The van der Waals surface area contributed by atoms with Crippen LogP contribution >= 0.6 is 0 Å². The number of rotatable bonds is 6. The molecule has 0 aromatic heterocycles. The molecule has 0 saturated carbocycles. The van der Waals surface area contributed by atoms with E-state index in [4.69, 9.17) is 19.0 Å². The van der Waals surface area contributed by atoms with Crippen LogP contribution in [0.25, 0.3) is 0 Å². The third-order valence-electron chi connectivity index (χ3n) is 4.27. The highest BCUT2D eigenvalue weighted by Crippen LogP contribution is 2.33. The minimum atomic E-state index is -0.836. The number of benzene rings is 2. The van der Waals surface area contributed by atoms with Gasteiger partial charge in [0.2, 0.25) is 6.10 Å². The first-order valence-electron chi connectivity index (χ1n) is 8.51. The highest BCUT2D eigenvalue weighted by molar-refractivity contribution is 6.09. The van der Waals surface area contributed by atoms with Gasteiger partial charge in [0, 0.05) is 12.0 Å². The Balaban J connectivity index is 1.74. The molecular formula is C20H20N2O6. The van der Waals surface area contributed by atoms with Crippen molar-refractivity contribution in [3.05, 3.63) is 53.6 Å². The number of nitrogens with zero attached hydrogens (tertiary/aromatic N) is 1. The van der Waals surface area contributed by atoms with Gasteiger partial charge in [0.1, 0.15) is 0 Å². The largest absolute Gasteiger partial charge is 0.493 e. The van der Waals surface area contributed by atoms with Crippen LogP contribution in [0.5, 0.6) is 11.5 Å². The van der Waals surface area contributed by atoms with Gasteiger partial charge in [0.05, 0.1) is 38.3 Å². The van der Waals surface area contributed by atoms with E-state index in [0.717, 1.165) is 0 Å². The first-order chi connectivity index (χ1) is 13.6. The van der Waals surface area contributed by atoms with Crippen molar-refractivity contribution in [3.63, 3.8) is 0 Å². The van der Waals surface area contributed by atoms with Crippen LogP contribution in [0.1, 0.15) is 22.3 Å². The smallest absolute Gasteiger partial charge is 0.339 e. The van der Waals surface area contributed by atoms with E-state index in [1.54, 1.807) is 43.5 Å². The van der Waals surface area contributed by atoms with Crippen LogP contribution in [0.3, 0.4) is 0 Å². The lowest BCUT2D eigenvalue weighted by molar-refractivity contribution is -0.125. The normalized spacial score (nSPS) is 15.2. The minimum absolute atomic E-state index is 0.246. The van der Waals surface area contributed by atoms with Crippen LogP contribution in [0, 0.1) is 0 Å². The first kappa shape index (κ1) is 19.2. The molecule has 8 nitrogen and oxygen atoms in total. The Kier molecular flexibility index (Phi) is 5.78. The number of carbonyl (C=O) groups excluding carboxylic acids is 2. The number of oxime groups is 1. The van der Waals surface area contributed by atoms with Crippen LogP contribution < -0.4 is 14.8 Å². The summed E-state index contributed by atoms with van der Waals surface area (Å²) in [7, 11) is 4.36. The summed E-state index contributed by atoms with van der Waals surface area (Å²) in [6.07, 6.45) is -0.591. The van der Waals surface area contributed by atoms with E-state index in [2.05, 4.69) is 10.5 Å². The van der Waals surface area contributed by atoms with Crippen molar-refractivity contribution in [3.8, 4) is 11.5 Å². The van der Waals surface area contributed by atoms with Gasteiger partial charge >= 0.3 is 5.97 Å². The number of hydrogen-bond acceptors (Lipinski definition) is 7. The molecule has 8 heteroatoms. The maximum atomic E-state index is 12.6. The summed E-state index contributed by atoms with van der Waals surface area (Å²) in [5.41, 5.74) is 1.85. The van der Waals surface area contributed by atoms with Gasteiger partial charge in [0.15, 0.2) is 11.5 Å². The Labute approximate surface area is 162 Å². The van der Waals surface area contributed by atoms with Crippen molar-refractivity contribution in [2.75, 3.05) is 26.6 Å². The summed E-state index contributed by atoms with van der Waals surface area (Å²) >= 11 is 0. The average Bonchev–Trinajstić information content (AvgIpc) is 3.23. The zero-order valence-electron chi connectivity index (χ0n) is 15.7. The van der Waals surface area contributed by atoms with Crippen molar-refractivity contribution < 1.29 is 28.6 Å². The Morgan fingerprint density at radius 2 is 1.86 bits per heavy atom. The fraction of sp³-hybridized carbons (Fsp3) is 0.250. The fourth-order valence-electron chi connectivity index (χ4n) is 2.88. The summed E-state index contributed by atoms with van der Waals surface area (Å²) in [5.74, 6) is 0.116. The summed E-state index contributed by atoms with van der Waals surface area (Å²) in [6.45, 7) is 0. The third kappa shape index (κ3) is 3.75. The highest BCUT2D eigenvalue weighted by atomic mass is 16.6. The number of anilines is 1. The molecule has 3 rings (SSSR count). The van der Waals surface area contributed by atoms with E-state index in [-0.39, 0.29) is 12.0 Å². The number of ether oxygens (including phenoxy) is 3. The molecule has 2 aromatic carbocycles. The maximum absolute atomic E-state index is 12.6. The summed E-state index contributed by atoms with van der Waals surface area (Å²) in [4.78, 5) is 29.8. The quantitative estimate of drug-likeness (QED) is 0.770. The Hall–Kier alpha value is -3.55. The van der Waals surface area contributed by atoms with Crippen LogP contribution in [0.4, 0.5) is 5.69 Å². The lowest BCUT2D eigenvalue weighted by atomic mass is 10.0. The Morgan fingerprint density at radius 3 is 2.57 bits per heavy atom. The van der Waals surface area contributed by atoms with E-state index < -0.39 is 18.0 Å². The van der Waals surface area contributed by atoms with Crippen molar-refractivity contribution in [2.45, 2.75) is 12.5 Å². The molecule has 0 fully saturated rings. The standard InChI is InChI=1S/C20H20N2O6/c1-25-16-10-6-8-12(18(16)26-2)15-11-17(28-22-15)19(23)21-14-9-5-4-7-13(14)20(24)27-3/h4-10,17H,11H2,1-3H3,(H,21,23). The van der Waals surface area contributed by atoms with Gasteiger partial charge in [-0.2, -0.15) is 0 Å². The topological polar surface area (TPSA) is 95.5 Å². The van der Waals surface area contributed by atoms with Gasteiger partial charge in [0.25, 0.3) is 5.91 Å². The molecule has 0 bridgehead atoms. The fourth-order valence-corrected chi connectivity index (χ4v) is 2.88. The number of amides is 1. The molecule has 146 valence electrons. The Bertz CT molecular complexity index is 925. The second-order valence-electron chi connectivity index (χ2n) is 5.90. The van der Waals surface area contributed by atoms with Crippen molar-refractivity contribution in [2.24, 2.45) is 5.16 Å². The van der Waals surface area contributed by atoms with E-state index in [1.807, 2.05) is 6.07 Å². The molecule has 1 N–H and O–H groups in total.